The maximum Gasteiger partial charge on any atom is 0.327 e. The molecule has 0 radical (unpaired) electrons. The Balaban J connectivity index is 1.72. The number of nitro groups is 1. The van der Waals surface area contributed by atoms with Crippen molar-refractivity contribution in [2.75, 3.05) is 0 Å². The minimum absolute atomic E-state index is 0.00866. The summed E-state index contributed by atoms with van der Waals surface area (Å²) < 4.78 is 0.0657. The van der Waals surface area contributed by atoms with E-state index in [4.69, 9.17) is 0 Å². The van der Waals surface area contributed by atoms with Crippen LogP contribution in [0, 0.1) is 13.7 Å². The number of carboxylic acid groups (broad SMARTS) is 1. The summed E-state index contributed by atoms with van der Waals surface area (Å²) >= 11 is 4.28. The highest BCUT2D eigenvalue weighted by atomic mass is 127. The van der Waals surface area contributed by atoms with Crippen LogP contribution in [0.5, 0.6) is 0 Å². The molecule has 12 heteroatoms. The molecule has 0 spiro atoms. The third-order valence-electron chi connectivity index (χ3n) is 5.71. The van der Waals surface area contributed by atoms with Gasteiger partial charge in [0.1, 0.15) is 11.4 Å². The van der Waals surface area contributed by atoms with E-state index < -0.39 is 43.7 Å². The quantitative estimate of drug-likeness (QED) is 0.160. The number of hydrogen-bond donors (Lipinski definition) is 2. The van der Waals surface area contributed by atoms with Crippen LogP contribution in [0.25, 0.3) is 0 Å². The Kier molecular flexibility index (Phi) is 6.59. The van der Waals surface area contributed by atoms with Gasteiger partial charge >= 0.3 is 5.97 Å². The number of rotatable bonds is 7. The van der Waals surface area contributed by atoms with Gasteiger partial charge in [0.15, 0.2) is 0 Å². The lowest BCUT2D eigenvalue weighted by Gasteiger charge is -2.52. The van der Waals surface area contributed by atoms with Crippen LogP contribution < -0.4 is 5.32 Å². The number of β-lactam (4-membered cyclic amide) rings is 1. The summed E-state index contributed by atoms with van der Waals surface area (Å²) in [7, 11) is 0. The number of nitro benzene ring substituents is 1. The second-order valence-corrected chi connectivity index (χ2v) is 12.6. The summed E-state index contributed by atoms with van der Waals surface area (Å²) in [6.45, 7) is 3.47. The number of hydrogen-bond acceptors (Lipinski definition) is 7. The SMILES string of the molecule is CC1(C)S[C@H]2N(C(=O)C2(NC(=O)Cc2ccccc2I)Sc2ccccc2[N+](=O)[O-])[C@H]1C(=O)O. The Bertz CT molecular complexity index is 1210. The minimum Gasteiger partial charge on any atom is -0.480 e. The van der Waals surface area contributed by atoms with Crippen LogP contribution in [0.3, 0.4) is 0 Å². The summed E-state index contributed by atoms with van der Waals surface area (Å²) in [5.74, 6) is -2.15. The molecular formula is C22H20IN3O6S2. The van der Waals surface area contributed by atoms with Crippen molar-refractivity contribution >= 4 is 69.6 Å². The first-order valence-corrected chi connectivity index (χ1v) is 13.0. The molecule has 0 saturated carbocycles. The van der Waals surface area contributed by atoms with Gasteiger partial charge in [-0.05, 0) is 54.1 Å². The van der Waals surface area contributed by atoms with Crippen LogP contribution in [0.2, 0.25) is 0 Å². The Morgan fingerprint density at radius 1 is 1.24 bits per heavy atom. The highest BCUT2D eigenvalue weighted by molar-refractivity contribution is 14.1. The molecule has 2 aliphatic rings. The largest absolute Gasteiger partial charge is 0.480 e. The summed E-state index contributed by atoms with van der Waals surface area (Å²) in [4.78, 5) is 49.6. The lowest BCUT2D eigenvalue weighted by molar-refractivity contribution is -0.387. The van der Waals surface area contributed by atoms with Gasteiger partial charge in [-0.15, -0.1) is 11.8 Å². The highest BCUT2D eigenvalue weighted by Crippen LogP contribution is 2.60. The zero-order valence-corrected chi connectivity index (χ0v) is 21.8. The molecule has 2 N–H and O–H groups in total. The third-order valence-corrected chi connectivity index (χ3v) is 9.93. The summed E-state index contributed by atoms with van der Waals surface area (Å²) in [6.07, 6.45) is 0.00866. The molecule has 1 unspecified atom stereocenters. The van der Waals surface area contributed by atoms with Gasteiger partial charge in [-0.3, -0.25) is 19.7 Å². The molecule has 2 heterocycles. The number of amides is 2. The Labute approximate surface area is 217 Å². The molecule has 9 nitrogen and oxygen atoms in total. The molecule has 0 bridgehead atoms. The molecule has 4 rings (SSSR count). The third kappa shape index (κ3) is 4.15. The topological polar surface area (TPSA) is 130 Å². The molecule has 2 amide bonds. The molecule has 0 aromatic heterocycles. The van der Waals surface area contributed by atoms with E-state index in [9.17, 15) is 29.6 Å². The number of carboxylic acids is 1. The fraction of sp³-hybridized carbons (Fsp3) is 0.318. The van der Waals surface area contributed by atoms with Crippen LogP contribution in [0.15, 0.2) is 53.4 Å². The van der Waals surface area contributed by atoms with Crippen LogP contribution in [-0.2, 0) is 20.8 Å². The standard InChI is InChI=1S/C22H20IN3O6S2/c1-21(2)17(18(28)29)25-19(30)22(20(25)34-21,33-15-10-6-5-9-14(15)26(31)32)24-16(27)11-12-7-3-4-8-13(12)23/h3-10,17,20H,11H2,1-2H3,(H,24,27)(H,28,29)/t17-,20+,22?/m0/s1. The van der Waals surface area contributed by atoms with E-state index in [0.717, 1.165) is 20.9 Å². The molecule has 2 aromatic carbocycles. The smallest absolute Gasteiger partial charge is 0.327 e. The second kappa shape index (κ2) is 9.04. The molecule has 2 fully saturated rings. The molecule has 2 aliphatic heterocycles. The summed E-state index contributed by atoms with van der Waals surface area (Å²) in [5.41, 5.74) is 0.583. The van der Waals surface area contributed by atoms with Crippen LogP contribution >= 0.6 is 46.1 Å². The first-order valence-electron chi connectivity index (χ1n) is 10.2. The molecular weight excluding hydrogens is 593 g/mol. The van der Waals surface area contributed by atoms with E-state index in [1.54, 1.807) is 19.9 Å². The minimum atomic E-state index is -1.57. The summed E-state index contributed by atoms with van der Waals surface area (Å²) in [5, 5.41) is 23.5. The van der Waals surface area contributed by atoms with E-state index in [0.29, 0.717) is 0 Å². The van der Waals surface area contributed by atoms with Gasteiger partial charge in [0.25, 0.3) is 11.6 Å². The van der Waals surface area contributed by atoms with Crippen molar-refractivity contribution in [1.29, 1.82) is 0 Å². The predicted octanol–water partition coefficient (Wildman–Crippen LogP) is 3.49. The number of halogens is 1. The van der Waals surface area contributed by atoms with Crippen molar-refractivity contribution in [1.82, 2.24) is 10.2 Å². The maximum atomic E-state index is 13.6. The van der Waals surface area contributed by atoms with Crippen LogP contribution in [0.1, 0.15) is 19.4 Å². The van der Waals surface area contributed by atoms with Crippen molar-refractivity contribution in [3.63, 3.8) is 0 Å². The van der Waals surface area contributed by atoms with Gasteiger partial charge < -0.3 is 15.3 Å². The Hall–Kier alpha value is -2.32. The number of thioether (sulfide) groups is 2. The van der Waals surface area contributed by atoms with Gasteiger partial charge in [0.2, 0.25) is 10.8 Å². The molecule has 34 heavy (non-hydrogen) atoms. The van der Waals surface area contributed by atoms with Gasteiger partial charge in [-0.2, -0.15) is 0 Å². The molecule has 178 valence electrons. The zero-order valence-electron chi connectivity index (χ0n) is 18.1. The number of para-hydroxylation sites is 1. The van der Waals surface area contributed by atoms with Crippen LogP contribution in [-0.4, -0.2) is 53.7 Å². The number of benzene rings is 2. The van der Waals surface area contributed by atoms with E-state index >= 15 is 0 Å². The number of nitrogens with one attached hydrogen (secondary N) is 1. The molecule has 3 atom stereocenters. The van der Waals surface area contributed by atoms with Crippen molar-refractivity contribution in [2.45, 2.75) is 46.2 Å². The first kappa shape index (κ1) is 24.8. The van der Waals surface area contributed by atoms with Crippen molar-refractivity contribution in [2.24, 2.45) is 0 Å². The van der Waals surface area contributed by atoms with Crippen LogP contribution in [0.4, 0.5) is 5.69 Å². The van der Waals surface area contributed by atoms with Crippen molar-refractivity contribution < 1.29 is 24.4 Å². The molecule has 2 saturated heterocycles. The number of fused-ring (bicyclic) bond motifs is 1. The first-order chi connectivity index (χ1) is 16.0. The summed E-state index contributed by atoms with van der Waals surface area (Å²) in [6, 6.07) is 12.2. The number of nitrogens with zero attached hydrogens (tertiary/aromatic N) is 2. The zero-order chi connectivity index (χ0) is 24.8. The van der Waals surface area contributed by atoms with E-state index in [1.807, 2.05) is 24.3 Å². The van der Waals surface area contributed by atoms with Crippen molar-refractivity contribution in [3.8, 4) is 0 Å². The highest BCUT2D eigenvalue weighted by Gasteiger charge is 2.73. The van der Waals surface area contributed by atoms with Gasteiger partial charge in [-0.25, -0.2) is 4.79 Å². The number of carbonyl (C=O) groups is 3. The molecule has 0 aliphatic carbocycles. The average Bonchev–Trinajstić information content (AvgIpc) is 3.04. The average molecular weight is 613 g/mol. The Morgan fingerprint density at radius 3 is 2.53 bits per heavy atom. The maximum absolute atomic E-state index is 13.6. The van der Waals surface area contributed by atoms with Crippen molar-refractivity contribution in [3.05, 3.63) is 67.8 Å². The predicted molar refractivity (Wildman–Crippen MR) is 136 cm³/mol. The monoisotopic (exact) mass is 613 g/mol. The molecule has 2 aromatic rings. The van der Waals surface area contributed by atoms with E-state index in [1.165, 1.54) is 34.9 Å². The van der Waals surface area contributed by atoms with Gasteiger partial charge in [0, 0.05) is 14.4 Å². The lowest BCUT2D eigenvalue weighted by Crippen LogP contribution is -2.78. The van der Waals surface area contributed by atoms with E-state index in [-0.39, 0.29) is 17.0 Å². The van der Waals surface area contributed by atoms with Gasteiger partial charge in [0.05, 0.1) is 16.2 Å². The normalized spacial score (nSPS) is 24.8. The second-order valence-electron chi connectivity index (χ2n) is 8.41. The number of aliphatic carboxylic acids is 1. The number of carbonyl (C=O) groups excluding carboxylic acids is 2. The fourth-order valence-corrected chi connectivity index (χ4v) is 7.95. The van der Waals surface area contributed by atoms with E-state index in [2.05, 4.69) is 27.9 Å². The van der Waals surface area contributed by atoms with Gasteiger partial charge in [-0.1, -0.05) is 42.1 Å². The fourth-order valence-electron chi connectivity index (χ4n) is 4.20. The lowest BCUT2D eigenvalue weighted by atomic mass is 9.95. The Morgan fingerprint density at radius 2 is 1.88 bits per heavy atom.